The Morgan fingerprint density at radius 2 is 1.70 bits per heavy atom. The lowest BCUT2D eigenvalue weighted by Gasteiger charge is -2.08. The van der Waals surface area contributed by atoms with Crippen molar-refractivity contribution in [3.63, 3.8) is 0 Å². The van der Waals surface area contributed by atoms with E-state index in [2.05, 4.69) is 4.74 Å². The Morgan fingerprint density at radius 3 is 2.35 bits per heavy atom. The molecule has 2 aromatic carbocycles. The molecule has 6 heteroatoms. The summed E-state index contributed by atoms with van der Waals surface area (Å²) in [6.45, 7) is 0.946. The Labute approximate surface area is 131 Å². The average Bonchev–Trinajstić information content (AvgIpc) is 2.78. The van der Waals surface area contributed by atoms with Crippen LogP contribution in [0.25, 0.3) is 16.7 Å². The molecule has 1 aromatic heterocycles. The Hall–Kier alpha value is -2.63. The molecule has 0 unspecified atom stereocenters. The highest BCUT2D eigenvalue weighted by Crippen LogP contribution is 2.23. The minimum Gasteiger partial charge on any atom is -0.435 e. The maximum Gasteiger partial charge on any atom is 0.387 e. The monoisotopic (exact) mass is 318 g/mol. The van der Waals surface area contributed by atoms with Crippen LogP contribution in [0.4, 0.5) is 8.78 Å². The van der Waals surface area contributed by atoms with Crippen molar-refractivity contribution >= 4 is 11.0 Å². The van der Waals surface area contributed by atoms with Gasteiger partial charge in [-0.05, 0) is 38.1 Å². The summed E-state index contributed by atoms with van der Waals surface area (Å²) >= 11 is 0. The second-order valence-electron chi connectivity index (χ2n) is 5.45. The van der Waals surface area contributed by atoms with Gasteiger partial charge >= 0.3 is 12.3 Å². The molecule has 0 atom stereocenters. The number of fused-ring (bicyclic) bond motifs is 1. The molecule has 0 spiro atoms. The Balaban J connectivity index is 2.25. The molecule has 0 aliphatic heterocycles. The van der Waals surface area contributed by atoms with Gasteiger partial charge in [-0.1, -0.05) is 18.2 Å². The highest BCUT2D eigenvalue weighted by molar-refractivity contribution is 5.78. The van der Waals surface area contributed by atoms with E-state index in [1.165, 1.54) is 16.7 Å². The third kappa shape index (κ3) is 2.72. The summed E-state index contributed by atoms with van der Waals surface area (Å²) < 4.78 is 32.4. The van der Waals surface area contributed by atoms with Crippen molar-refractivity contribution < 1.29 is 13.5 Å². The quantitative estimate of drug-likeness (QED) is 0.729. The number of aromatic nitrogens is 2. The average molecular weight is 318 g/mol. The standard InChI is InChI=1S/C17H16F2N2O2/c1-11(2)20-14-8-3-4-9-15(14)21(17(20)22)12-6-5-7-13(10-12)23-16(18)19/h3-11,16H,1-2H3. The summed E-state index contributed by atoms with van der Waals surface area (Å²) in [6, 6.07) is 13.5. The number of rotatable bonds is 4. The van der Waals surface area contributed by atoms with Crippen molar-refractivity contribution in [2.24, 2.45) is 0 Å². The van der Waals surface area contributed by atoms with E-state index >= 15 is 0 Å². The Bertz CT molecular complexity index is 897. The molecular weight excluding hydrogens is 302 g/mol. The van der Waals surface area contributed by atoms with E-state index < -0.39 is 6.61 Å². The summed E-state index contributed by atoms with van der Waals surface area (Å²) in [5.74, 6) is 0.0192. The van der Waals surface area contributed by atoms with Gasteiger partial charge in [0.25, 0.3) is 0 Å². The van der Waals surface area contributed by atoms with Crippen LogP contribution in [0.15, 0.2) is 53.3 Å². The smallest absolute Gasteiger partial charge is 0.387 e. The second-order valence-corrected chi connectivity index (χ2v) is 5.45. The predicted molar refractivity (Wildman–Crippen MR) is 84.6 cm³/mol. The predicted octanol–water partition coefficient (Wildman–Crippen LogP) is 3.97. The zero-order valence-electron chi connectivity index (χ0n) is 12.7. The molecule has 3 rings (SSSR count). The number of hydrogen-bond donors (Lipinski definition) is 0. The lowest BCUT2D eigenvalue weighted by Crippen LogP contribution is -2.24. The fourth-order valence-electron chi connectivity index (χ4n) is 2.72. The Morgan fingerprint density at radius 1 is 1.00 bits per heavy atom. The van der Waals surface area contributed by atoms with Crippen molar-refractivity contribution in [2.45, 2.75) is 26.5 Å². The highest BCUT2D eigenvalue weighted by atomic mass is 19.3. The number of nitrogens with zero attached hydrogens (tertiary/aromatic N) is 2. The van der Waals surface area contributed by atoms with Crippen LogP contribution in [-0.4, -0.2) is 15.7 Å². The van der Waals surface area contributed by atoms with Crippen LogP contribution >= 0.6 is 0 Å². The fourth-order valence-corrected chi connectivity index (χ4v) is 2.72. The minimum atomic E-state index is -2.90. The summed E-state index contributed by atoms with van der Waals surface area (Å²) in [6.07, 6.45) is 0. The molecule has 0 aliphatic carbocycles. The van der Waals surface area contributed by atoms with Gasteiger partial charge in [-0.15, -0.1) is 0 Å². The summed E-state index contributed by atoms with van der Waals surface area (Å²) in [4.78, 5) is 12.8. The molecule has 0 radical (unpaired) electrons. The molecule has 0 aliphatic rings. The van der Waals surface area contributed by atoms with Crippen LogP contribution in [0, 0.1) is 0 Å². The lowest BCUT2D eigenvalue weighted by atomic mass is 10.2. The molecule has 23 heavy (non-hydrogen) atoms. The van der Waals surface area contributed by atoms with Crippen molar-refractivity contribution in [1.82, 2.24) is 9.13 Å². The number of benzene rings is 2. The van der Waals surface area contributed by atoms with Gasteiger partial charge in [-0.2, -0.15) is 8.78 Å². The highest BCUT2D eigenvalue weighted by Gasteiger charge is 2.16. The minimum absolute atomic E-state index is 0.0192. The van der Waals surface area contributed by atoms with E-state index in [0.29, 0.717) is 5.69 Å². The number of hydrogen-bond acceptors (Lipinski definition) is 2. The van der Waals surface area contributed by atoms with Gasteiger partial charge in [0, 0.05) is 12.1 Å². The van der Waals surface area contributed by atoms with Gasteiger partial charge in [-0.25, -0.2) is 4.79 Å². The van der Waals surface area contributed by atoms with E-state index in [1.54, 1.807) is 16.7 Å². The normalized spacial score (nSPS) is 11.6. The molecule has 0 saturated heterocycles. The maximum atomic E-state index is 12.8. The molecule has 0 fully saturated rings. The zero-order chi connectivity index (χ0) is 16.6. The molecule has 0 saturated carbocycles. The first kappa shape index (κ1) is 15.3. The van der Waals surface area contributed by atoms with E-state index in [4.69, 9.17) is 0 Å². The van der Waals surface area contributed by atoms with Crippen LogP contribution < -0.4 is 10.4 Å². The molecule has 120 valence electrons. The Kier molecular flexibility index (Phi) is 3.90. The van der Waals surface area contributed by atoms with Gasteiger partial charge in [0.05, 0.1) is 16.7 Å². The van der Waals surface area contributed by atoms with E-state index in [-0.39, 0.29) is 17.5 Å². The van der Waals surface area contributed by atoms with Crippen molar-refractivity contribution in [2.75, 3.05) is 0 Å². The number of para-hydroxylation sites is 2. The topological polar surface area (TPSA) is 36.2 Å². The first-order valence-electron chi connectivity index (χ1n) is 7.26. The van der Waals surface area contributed by atoms with Gasteiger partial charge < -0.3 is 4.74 Å². The molecule has 1 heterocycles. The number of halogens is 2. The van der Waals surface area contributed by atoms with E-state index in [0.717, 1.165) is 11.0 Å². The first-order chi connectivity index (χ1) is 11.0. The molecule has 0 bridgehead atoms. The van der Waals surface area contributed by atoms with Crippen LogP contribution in [-0.2, 0) is 0 Å². The van der Waals surface area contributed by atoms with Gasteiger partial charge in [0.15, 0.2) is 0 Å². The second kappa shape index (κ2) is 5.87. The van der Waals surface area contributed by atoms with Crippen molar-refractivity contribution in [3.8, 4) is 11.4 Å². The molecule has 0 N–H and O–H groups in total. The van der Waals surface area contributed by atoms with E-state index in [1.807, 2.05) is 38.1 Å². The molecular formula is C17H16F2N2O2. The third-order valence-corrected chi connectivity index (χ3v) is 3.60. The number of alkyl halides is 2. The number of imidazole rings is 1. The largest absolute Gasteiger partial charge is 0.435 e. The molecule has 0 amide bonds. The summed E-state index contributed by atoms with van der Waals surface area (Å²) in [5, 5.41) is 0. The fraction of sp³-hybridized carbons (Fsp3) is 0.235. The van der Waals surface area contributed by atoms with E-state index in [9.17, 15) is 13.6 Å². The lowest BCUT2D eigenvalue weighted by molar-refractivity contribution is -0.0498. The summed E-state index contributed by atoms with van der Waals surface area (Å²) in [7, 11) is 0. The third-order valence-electron chi connectivity index (χ3n) is 3.60. The van der Waals surface area contributed by atoms with Crippen LogP contribution in [0.2, 0.25) is 0 Å². The van der Waals surface area contributed by atoms with Gasteiger partial charge in [-0.3, -0.25) is 9.13 Å². The maximum absolute atomic E-state index is 12.8. The number of ether oxygens (including phenoxy) is 1. The van der Waals surface area contributed by atoms with Gasteiger partial charge in [0.1, 0.15) is 5.75 Å². The van der Waals surface area contributed by atoms with Crippen LogP contribution in [0.5, 0.6) is 5.75 Å². The summed E-state index contributed by atoms with van der Waals surface area (Å²) in [5.41, 5.74) is 1.80. The molecule has 3 aromatic rings. The van der Waals surface area contributed by atoms with Crippen LogP contribution in [0.3, 0.4) is 0 Å². The SMILES string of the molecule is CC(C)n1c(=O)n(-c2cccc(OC(F)F)c2)c2ccccc21. The van der Waals surface area contributed by atoms with Gasteiger partial charge in [0.2, 0.25) is 0 Å². The van der Waals surface area contributed by atoms with Crippen LogP contribution in [0.1, 0.15) is 19.9 Å². The zero-order valence-corrected chi connectivity index (χ0v) is 12.7. The molecule has 4 nitrogen and oxygen atoms in total. The van der Waals surface area contributed by atoms with Crippen molar-refractivity contribution in [1.29, 1.82) is 0 Å². The first-order valence-corrected chi connectivity index (χ1v) is 7.26. The van der Waals surface area contributed by atoms with Crippen molar-refractivity contribution in [3.05, 3.63) is 59.0 Å².